The summed E-state index contributed by atoms with van der Waals surface area (Å²) in [4.78, 5) is 30.1. The zero-order chi connectivity index (χ0) is 15.5. The van der Waals surface area contributed by atoms with Crippen LogP contribution in [0.15, 0.2) is 35.8 Å². The zero-order valence-electron chi connectivity index (χ0n) is 12.3. The van der Waals surface area contributed by atoms with Gasteiger partial charge in [-0.2, -0.15) is 0 Å². The topological polar surface area (TPSA) is 62.3 Å². The molecule has 2 aromatic rings. The summed E-state index contributed by atoms with van der Waals surface area (Å²) in [6.45, 7) is 2.00. The Kier molecular flexibility index (Phi) is 4.20. The first-order valence-electron chi connectivity index (χ1n) is 7.20. The van der Waals surface area contributed by atoms with E-state index in [-0.39, 0.29) is 11.8 Å². The molecule has 1 saturated carbocycles. The average molecular weight is 315 g/mol. The average Bonchev–Trinajstić information content (AvgIpc) is 3.20. The van der Waals surface area contributed by atoms with Crippen molar-refractivity contribution in [1.29, 1.82) is 0 Å². The van der Waals surface area contributed by atoms with Crippen LogP contribution >= 0.6 is 11.3 Å². The molecule has 2 amide bonds. The molecule has 0 bridgehead atoms. The molecule has 0 saturated heterocycles. The molecule has 0 aliphatic heterocycles. The lowest BCUT2D eigenvalue weighted by molar-refractivity contribution is -0.114. The molecule has 1 heterocycles. The van der Waals surface area contributed by atoms with Crippen molar-refractivity contribution in [3.8, 4) is 0 Å². The zero-order valence-corrected chi connectivity index (χ0v) is 13.1. The lowest BCUT2D eigenvalue weighted by Gasteiger charge is -2.21. The lowest BCUT2D eigenvalue weighted by Crippen LogP contribution is -2.32. The van der Waals surface area contributed by atoms with E-state index in [0.717, 1.165) is 17.8 Å². The Morgan fingerprint density at radius 1 is 1.41 bits per heavy atom. The van der Waals surface area contributed by atoms with E-state index < -0.39 is 0 Å². The molecule has 0 spiro atoms. The van der Waals surface area contributed by atoms with E-state index in [4.69, 9.17) is 0 Å². The third kappa shape index (κ3) is 3.51. The van der Waals surface area contributed by atoms with Crippen molar-refractivity contribution >= 4 is 28.8 Å². The molecule has 0 unspecified atom stereocenters. The fourth-order valence-corrected chi connectivity index (χ4v) is 2.94. The number of carbonyl (C=O) groups is 2. The van der Waals surface area contributed by atoms with Crippen LogP contribution in [0.5, 0.6) is 0 Å². The first kappa shape index (κ1) is 14.7. The Labute approximate surface area is 133 Å². The normalized spacial score (nSPS) is 13.7. The second kappa shape index (κ2) is 6.27. The summed E-state index contributed by atoms with van der Waals surface area (Å²) in [5.41, 5.74) is 1.23. The molecular weight excluding hydrogens is 298 g/mol. The van der Waals surface area contributed by atoms with Gasteiger partial charge in [-0.15, -0.1) is 11.3 Å². The van der Waals surface area contributed by atoms with Crippen molar-refractivity contribution in [2.45, 2.75) is 32.4 Å². The van der Waals surface area contributed by atoms with E-state index in [1.807, 2.05) is 10.3 Å². The number of hydrogen-bond donors (Lipinski definition) is 1. The number of hydrogen-bond acceptors (Lipinski definition) is 4. The van der Waals surface area contributed by atoms with Crippen LogP contribution in [0.25, 0.3) is 0 Å². The quantitative estimate of drug-likeness (QED) is 0.923. The Bertz CT molecular complexity index is 680. The van der Waals surface area contributed by atoms with E-state index in [2.05, 4.69) is 10.3 Å². The number of thiazole rings is 1. The van der Waals surface area contributed by atoms with Crippen LogP contribution in [0.4, 0.5) is 5.69 Å². The largest absolute Gasteiger partial charge is 0.329 e. The molecule has 114 valence electrons. The molecule has 1 aliphatic rings. The molecule has 1 aromatic carbocycles. The number of nitrogens with zero attached hydrogens (tertiary/aromatic N) is 2. The molecule has 5 nitrogen and oxygen atoms in total. The molecule has 1 N–H and O–H groups in total. The van der Waals surface area contributed by atoms with Crippen LogP contribution in [-0.4, -0.2) is 27.7 Å². The highest BCUT2D eigenvalue weighted by Crippen LogP contribution is 2.30. The van der Waals surface area contributed by atoms with Crippen molar-refractivity contribution in [2.24, 2.45) is 0 Å². The molecule has 0 atom stereocenters. The molecule has 3 rings (SSSR count). The maximum absolute atomic E-state index is 12.8. The monoisotopic (exact) mass is 315 g/mol. The minimum Gasteiger partial charge on any atom is -0.329 e. The molecule has 1 aromatic heterocycles. The highest BCUT2D eigenvalue weighted by Gasteiger charge is 2.33. The predicted molar refractivity (Wildman–Crippen MR) is 85.8 cm³/mol. The van der Waals surface area contributed by atoms with Crippen LogP contribution in [0.2, 0.25) is 0 Å². The minimum absolute atomic E-state index is 0.00935. The van der Waals surface area contributed by atoms with Crippen LogP contribution in [0, 0.1) is 0 Å². The van der Waals surface area contributed by atoms with Gasteiger partial charge in [0.25, 0.3) is 5.91 Å². The third-order valence-corrected chi connectivity index (χ3v) is 4.23. The van der Waals surface area contributed by atoms with E-state index in [0.29, 0.717) is 23.8 Å². The molecule has 22 heavy (non-hydrogen) atoms. The molecular formula is C16H17N3O2S. The van der Waals surface area contributed by atoms with Crippen molar-refractivity contribution in [3.05, 3.63) is 46.4 Å². The first-order chi connectivity index (χ1) is 10.6. The highest BCUT2D eigenvalue weighted by molar-refractivity contribution is 7.09. The van der Waals surface area contributed by atoms with Gasteiger partial charge in [0.05, 0.1) is 6.54 Å². The van der Waals surface area contributed by atoms with Gasteiger partial charge >= 0.3 is 0 Å². The smallest absolute Gasteiger partial charge is 0.254 e. The van der Waals surface area contributed by atoms with Crippen molar-refractivity contribution in [3.63, 3.8) is 0 Å². The van der Waals surface area contributed by atoms with E-state index in [1.54, 1.807) is 41.8 Å². The van der Waals surface area contributed by atoms with Gasteiger partial charge in [0.15, 0.2) is 0 Å². The fraction of sp³-hybridized carbons (Fsp3) is 0.312. The first-order valence-corrected chi connectivity index (χ1v) is 8.08. The summed E-state index contributed by atoms with van der Waals surface area (Å²) < 4.78 is 0. The molecule has 1 aliphatic carbocycles. The van der Waals surface area contributed by atoms with Gasteiger partial charge in [0, 0.05) is 35.8 Å². The van der Waals surface area contributed by atoms with E-state index in [1.165, 1.54) is 6.92 Å². The second-order valence-corrected chi connectivity index (χ2v) is 6.33. The number of aromatic nitrogens is 1. The predicted octanol–water partition coefficient (Wildman–Crippen LogP) is 2.91. The van der Waals surface area contributed by atoms with Gasteiger partial charge in [-0.25, -0.2) is 4.98 Å². The standard InChI is InChI=1S/C16H17N3O2S/c1-11(20)18-13-4-2-3-12(9-13)16(21)19(14-5-6-14)10-15-17-7-8-22-15/h2-4,7-9,14H,5-6,10H2,1H3,(H,18,20). The van der Waals surface area contributed by atoms with E-state index in [9.17, 15) is 9.59 Å². The van der Waals surface area contributed by atoms with Gasteiger partial charge in [-0.1, -0.05) is 6.07 Å². The summed E-state index contributed by atoms with van der Waals surface area (Å²) in [5.74, 6) is -0.156. The number of amides is 2. The Balaban J connectivity index is 1.79. The fourth-order valence-electron chi connectivity index (χ4n) is 2.33. The van der Waals surface area contributed by atoms with Crippen molar-refractivity contribution in [1.82, 2.24) is 9.88 Å². The maximum Gasteiger partial charge on any atom is 0.254 e. The van der Waals surface area contributed by atoms with Crippen LogP contribution in [0.3, 0.4) is 0 Å². The van der Waals surface area contributed by atoms with Gasteiger partial charge < -0.3 is 10.2 Å². The summed E-state index contributed by atoms with van der Waals surface area (Å²) in [6.07, 6.45) is 3.85. The SMILES string of the molecule is CC(=O)Nc1cccc(C(=O)N(Cc2nccs2)C2CC2)c1. The highest BCUT2D eigenvalue weighted by atomic mass is 32.1. The summed E-state index contributed by atoms with van der Waals surface area (Å²) in [5, 5.41) is 5.57. The summed E-state index contributed by atoms with van der Waals surface area (Å²) >= 11 is 1.56. The third-order valence-electron chi connectivity index (χ3n) is 3.47. The summed E-state index contributed by atoms with van der Waals surface area (Å²) in [7, 11) is 0. The Morgan fingerprint density at radius 3 is 2.86 bits per heavy atom. The number of nitrogens with one attached hydrogen (secondary N) is 1. The van der Waals surface area contributed by atoms with Crippen molar-refractivity contribution in [2.75, 3.05) is 5.32 Å². The Hall–Kier alpha value is -2.21. The second-order valence-electron chi connectivity index (χ2n) is 5.35. The summed E-state index contributed by atoms with van der Waals surface area (Å²) in [6, 6.07) is 7.38. The van der Waals surface area contributed by atoms with E-state index >= 15 is 0 Å². The van der Waals surface area contributed by atoms with Gasteiger partial charge in [-0.3, -0.25) is 9.59 Å². The van der Waals surface area contributed by atoms with Gasteiger partial charge in [-0.05, 0) is 31.0 Å². The van der Waals surface area contributed by atoms with Crippen molar-refractivity contribution < 1.29 is 9.59 Å². The molecule has 0 radical (unpaired) electrons. The Morgan fingerprint density at radius 2 is 2.23 bits per heavy atom. The minimum atomic E-state index is -0.147. The number of anilines is 1. The molecule has 6 heteroatoms. The van der Waals surface area contributed by atoms with Crippen LogP contribution < -0.4 is 5.32 Å². The van der Waals surface area contributed by atoms with Crippen LogP contribution in [-0.2, 0) is 11.3 Å². The number of rotatable bonds is 5. The van der Waals surface area contributed by atoms with Gasteiger partial charge in [0.1, 0.15) is 5.01 Å². The maximum atomic E-state index is 12.8. The van der Waals surface area contributed by atoms with Gasteiger partial charge in [0.2, 0.25) is 5.91 Å². The van der Waals surface area contributed by atoms with Crippen LogP contribution in [0.1, 0.15) is 35.1 Å². The lowest BCUT2D eigenvalue weighted by atomic mass is 10.1. The number of carbonyl (C=O) groups excluding carboxylic acids is 2. The number of benzene rings is 1. The molecule has 1 fully saturated rings.